The van der Waals surface area contributed by atoms with Crippen molar-refractivity contribution < 1.29 is 0 Å². The Balaban J connectivity index is 2.55. The molecule has 0 aliphatic heterocycles. The molecule has 268 valence electrons. The Morgan fingerprint density at radius 1 is 0.408 bits per heavy atom. The number of rotatable bonds is 6. The minimum Gasteiger partial charge on any atom is -0.237 e. The van der Waals surface area contributed by atoms with Crippen LogP contribution in [0.15, 0.2) is 48.5 Å². The fourth-order valence-corrected chi connectivity index (χ4v) is 14.0. The van der Waals surface area contributed by atoms with E-state index in [1.54, 1.807) is 0 Å². The molecule has 1 nitrogen and oxygen atoms in total. The van der Waals surface area contributed by atoms with Gasteiger partial charge in [0, 0.05) is 0 Å². The van der Waals surface area contributed by atoms with Gasteiger partial charge in [0.15, 0.2) is 0 Å². The van der Waals surface area contributed by atoms with Crippen molar-refractivity contribution >= 4 is 58.7 Å². The summed E-state index contributed by atoms with van der Waals surface area (Å²) in [6.07, 6.45) is 0. The van der Waals surface area contributed by atoms with Crippen LogP contribution in [0.25, 0.3) is 27.1 Å². The van der Waals surface area contributed by atoms with E-state index in [0.717, 1.165) is 16.8 Å². The Kier molecular flexibility index (Phi) is 10.9. The van der Waals surface area contributed by atoms with E-state index in [-0.39, 0.29) is 20.2 Å². The van der Waals surface area contributed by atoms with E-state index in [4.69, 9.17) is 6.57 Å². The summed E-state index contributed by atoms with van der Waals surface area (Å²) in [7, 11) is -7.49. The first-order valence-corrected chi connectivity index (χ1v) is 30.6. The van der Waals surface area contributed by atoms with E-state index in [2.05, 4.69) is 196 Å². The number of hydrogen-bond acceptors (Lipinski definition) is 0. The molecule has 3 aromatic rings. The topological polar surface area (TPSA) is 4.36 Å². The maximum atomic E-state index is 8.76. The second kappa shape index (κ2) is 12.9. The van der Waals surface area contributed by atoms with Crippen LogP contribution in [0.3, 0.4) is 0 Å². The van der Waals surface area contributed by atoms with Gasteiger partial charge in [0.05, 0.1) is 38.9 Å². The smallest absolute Gasteiger partial charge is 0.202 e. The van der Waals surface area contributed by atoms with Crippen molar-refractivity contribution in [1.29, 1.82) is 0 Å². The molecule has 0 N–H and O–H groups in total. The van der Waals surface area contributed by atoms with Gasteiger partial charge < -0.3 is 0 Å². The third-order valence-electron chi connectivity index (χ3n) is 14.2. The van der Waals surface area contributed by atoms with Crippen LogP contribution in [-0.4, -0.2) is 32.3 Å². The Morgan fingerprint density at radius 3 is 0.816 bits per heavy atom. The second-order valence-corrected chi connectivity index (χ2v) is 42.7. The Bertz CT molecular complexity index is 1550. The molecule has 0 aromatic heterocycles. The molecule has 0 fully saturated rings. The van der Waals surface area contributed by atoms with Crippen LogP contribution in [0.1, 0.15) is 88.6 Å². The zero-order valence-electron chi connectivity index (χ0n) is 35.6. The molecule has 0 saturated carbocycles. The van der Waals surface area contributed by atoms with Gasteiger partial charge in [-0.2, -0.15) is 0 Å². The van der Waals surface area contributed by atoms with Gasteiger partial charge in [-0.25, -0.2) is 4.85 Å². The second-order valence-electron chi connectivity index (χ2n) is 21.4. The summed E-state index contributed by atoms with van der Waals surface area (Å²) in [6.45, 7) is 60.3. The third kappa shape index (κ3) is 7.64. The van der Waals surface area contributed by atoms with Gasteiger partial charge in [-0.3, -0.25) is 0 Å². The average molecular weight is 726 g/mol. The summed E-state index contributed by atoms with van der Waals surface area (Å²) in [5, 5.41) is 6.88. The predicted molar refractivity (Wildman–Crippen MR) is 236 cm³/mol. The van der Waals surface area contributed by atoms with Crippen molar-refractivity contribution in [3.63, 3.8) is 0 Å². The summed E-state index contributed by atoms with van der Waals surface area (Å²) in [5.41, 5.74) is 6.66. The highest BCUT2D eigenvalue weighted by Gasteiger charge is 2.43. The number of hydrogen-bond donors (Lipinski definition) is 0. The van der Waals surface area contributed by atoms with Gasteiger partial charge in [-0.15, -0.1) is 0 Å². The molecule has 0 aliphatic carbocycles. The third-order valence-corrected chi connectivity index (χ3v) is 36.2. The first kappa shape index (κ1) is 41.4. The first-order chi connectivity index (χ1) is 21.7. The molecule has 5 heteroatoms. The van der Waals surface area contributed by atoms with Crippen LogP contribution in [-0.2, 0) is 0 Å². The summed E-state index contributed by atoms with van der Waals surface area (Å²) in [6, 6.07) is 19.7. The molecular formula is C44H71NSi4. The van der Waals surface area contributed by atoms with Gasteiger partial charge in [-0.1, -0.05) is 210 Å². The predicted octanol–water partition coefficient (Wildman–Crippen LogP) is 12.7. The van der Waals surface area contributed by atoms with Crippen molar-refractivity contribution in [2.24, 2.45) is 0 Å². The Morgan fingerprint density at radius 2 is 0.633 bits per heavy atom. The SMILES string of the molecule is [C-]#[N+]c1c(-c2cc([Si](C)(C)C(C)(C)C)cc([Si](C)(C)C(C)(C)C)c2)cc(C)cc1-c1cc([Si](C)(C)C(C)(C)C)cc([Si](C)(C)C(C)(C)C)c1. The van der Waals surface area contributed by atoms with Crippen LogP contribution in [0.4, 0.5) is 5.69 Å². The lowest BCUT2D eigenvalue weighted by Gasteiger charge is -2.41. The number of aryl methyl sites for hydroxylation is 1. The van der Waals surface area contributed by atoms with Crippen molar-refractivity contribution in [2.45, 2.75) is 163 Å². The van der Waals surface area contributed by atoms with Crippen LogP contribution in [0, 0.1) is 13.5 Å². The van der Waals surface area contributed by atoms with E-state index in [1.807, 2.05) is 0 Å². The average Bonchev–Trinajstić information content (AvgIpc) is 2.93. The molecule has 3 rings (SSSR count). The fourth-order valence-electron chi connectivity index (χ4n) is 6.08. The highest BCUT2D eigenvalue weighted by Crippen LogP contribution is 2.44. The number of nitrogens with zero attached hydrogens (tertiary/aromatic N) is 1. The van der Waals surface area contributed by atoms with Crippen molar-refractivity contribution in [3.05, 3.63) is 65.5 Å². The monoisotopic (exact) mass is 725 g/mol. The van der Waals surface area contributed by atoms with E-state index in [1.165, 1.54) is 37.4 Å². The minimum atomic E-state index is -1.87. The van der Waals surface area contributed by atoms with Gasteiger partial charge >= 0.3 is 0 Å². The zero-order chi connectivity index (χ0) is 38.1. The van der Waals surface area contributed by atoms with Gasteiger partial charge in [0.25, 0.3) is 0 Å². The number of benzene rings is 3. The molecule has 0 radical (unpaired) electrons. The van der Waals surface area contributed by atoms with Gasteiger partial charge in [0.1, 0.15) is 0 Å². The summed E-state index contributed by atoms with van der Waals surface area (Å²) in [5.74, 6) is 0. The zero-order valence-corrected chi connectivity index (χ0v) is 39.6. The normalized spacial score (nSPS) is 14.2. The van der Waals surface area contributed by atoms with Crippen LogP contribution < -0.4 is 20.7 Å². The Labute approximate surface area is 307 Å². The van der Waals surface area contributed by atoms with Gasteiger partial charge in [0.2, 0.25) is 5.69 Å². The first-order valence-electron chi connectivity index (χ1n) is 18.6. The van der Waals surface area contributed by atoms with Crippen molar-refractivity contribution in [2.75, 3.05) is 0 Å². The highest BCUT2D eigenvalue weighted by atomic mass is 28.3. The molecule has 3 aromatic carbocycles. The van der Waals surface area contributed by atoms with Crippen LogP contribution in [0.5, 0.6) is 0 Å². The molecule has 0 heterocycles. The molecule has 0 unspecified atom stereocenters. The maximum absolute atomic E-state index is 8.76. The largest absolute Gasteiger partial charge is 0.237 e. The highest BCUT2D eigenvalue weighted by molar-refractivity contribution is 6.96. The quantitative estimate of drug-likeness (QED) is 0.176. The van der Waals surface area contributed by atoms with E-state index in [9.17, 15) is 0 Å². The molecule has 0 atom stereocenters. The Hall–Kier alpha value is -1.98. The lowest BCUT2D eigenvalue weighted by atomic mass is 9.94. The molecule has 0 saturated heterocycles. The van der Waals surface area contributed by atoms with Crippen molar-refractivity contribution in [1.82, 2.24) is 0 Å². The summed E-state index contributed by atoms with van der Waals surface area (Å²) in [4.78, 5) is 4.42. The minimum absolute atomic E-state index is 0.209. The van der Waals surface area contributed by atoms with Crippen molar-refractivity contribution in [3.8, 4) is 22.3 Å². The van der Waals surface area contributed by atoms with Crippen LogP contribution in [0.2, 0.25) is 72.5 Å². The van der Waals surface area contributed by atoms with Crippen LogP contribution >= 0.6 is 0 Å². The summed E-state index contributed by atoms with van der Waals surface area (Å²) >= 11 is 0. The molecule has 49 heavy (non-hydrogen) atoms. The van der Waals surface area contributed by atoms with E-state index >= 15 is 0 Å². The summed E-state index contributed by atoms with van der Waals surface area (Å²) < 4.78 is 0. The molecule has 0 amide bonds. The van der Waals surface area contributed by atoms with E-state index < -0.39 is 32.3 Å². The molecular weight excluding hydrogens is 655 g/mol. The molecule has 0 aliphatic rings. The molecule has 0 spiro atoms. The van der Waals surface area contributed by atoms with E-state index in [0.29, 0.717) is 0 Å². The maximum Gasteiger partial charge on any atom is 0.202 e. The molecule has 0 bridgehead atoms. The fraction of sp³-hybridized carbons (Fsp3) is 0.568. The van der Waals surface area contributed by atoms with Gasteiger partial charge in [-0.05, 0) is 49.3 Å². The lowest BCUT2D eigenvalue weighted by molar-refractivity contribution is 0.728. The standard InChI is InChI=1S/C44H71NSi4/c1-31-23-38(32-25-34(46(15,16)41(2,3)4)29-35(26-32)47(17,18)42(5,6)7)40(45-14)39(24-31)33-27-36(48(19,20)43(8,9)10)30-37(28-33)49(21,22)44(11,12)13/h23-30H,1-13,15-22H3. The lowest BCUT2D eigenvalue weighted by Crippen LogP contribution is -2.55.